The molecule has 170 valence electrons. The van der Waals surface area contributed by atoms with Gasteiger partial charge in [-0.25, -0.2) is 13.8 Å². The van der Waals surface area contributed by atoms with Crippen LogP contribution >= 0.6 is 11.8 Å². The largest absolute Gasteiger partial charge is 0.360 e. The lowest BCUT2D eigenvalue weighted by molar-refractivity contribution is -0.115. The highest BCUT2D eigenvalue weighted by atomic mass is 32.2. The topological polar surface area (TPSA) is 113 Å². The highest BCUT2D eigenvalue weighted by Gasteiger charge is 2.17. The van der Waals surface area contributed by atoms with E-state index in [-0.39, 0.29) is 29.0 Å². The zero-order valence-corrected chi connectivity index (χ0v) is 18.4. The Morgan fingerprint density at radius 2 is 1.97 bits per heavy atom. The van der Waals surface area contributed by atoms with E-state index < -0.39 is 16.9 Å². The molecule has 3 N–H and O–H groups in total. The van der Waals surface area contributed by atoms with Crippen molar-refractivity contribution in [3.63, 3.8) is 0 Å². The SMILES string of the molecule is Cc1cc(NC(=O)C(C)SCC(=O)Nc2ccc3nc(-c4cc(F)ccc4F)[nH]c3c2)no1. The van der Waals surface area contributed by atoms with Crippen molar-refractivity contribution in [1.29, 1.82) is 0 Å². The summed E-state index contributed by atoms with van der Waals surface area (Å²) >= 11 is 1.17. The molecule has 0 aliphatic carbocycles. The third kappa shape index (κ3) is 5.37. The molecule has 0 aliphatic rings. The van der Waals surface area contributed by atoms with Gasteiger partial charge in [-0.2, -0.15) is 0 Å². The van der Waals surface area contributed by atoms with Crippen molar-refractivity contribution in [2.24, 2.45) is 0 Å². The molecule has 2 amide bonds. The van der Waals surface area contributed by atoms with Gasteiger partial charge >= 0.3 is 0 Å². The summed E-state index contributed by atoms with van der Waals surface area (Å²) in [4.78, 5) is 31.8. The summed E-state index contributed by atoms with van der Waals surface area (Å²) in [7, 11) is 0. The Hall–Kier alpha value is -3.73. The standard InChI is InChI=1S/C22H19F2N5O3S/c1-11-7-19(29-32-11)28-22(31)12(2)33-10-20(30)25-14-4-6-17-18(9-14)27-21(26-17)15-8-13(23)3-5-16(15)24/h3-9,12H,10H2,1-2H3,(H,25,30)(H,26,27)(H,28,29,31). The van der Waals surface area contributed by atoms with E-state index in [0.29, 0.717) is 28.3 Å². The van der Waals surface area contributed by atoms with Crippen molar-refractivity contribution in [3.8, 4) is 11.4 Å². The van der Waals surface area contributed by atoms with Gasteiger partial charge in [-0.3, -0.25) is 9.59 Å². The summed E-state index contributed by atoms with van der Waals surface area (Å²) in [6, 6.07) is 9.69. The molecule has 33 heavy (non-hydrogen) atoms. The van der Waals surface area contributed by atoms with E-state index in [1.807, 2.05) is 0 Å². The first-order valence-electron chi connectivity index (χ1n) is 9.89. The number of fused-ring (bicyclic) bond motifs is 1. The number of H-pyrrole nitrogens is 1. The Morgan fingerprint density at radius 3 is 2.73 bits per heavy atom. The Labute approximate surface area is 191 Å². The van der Waals surface area contributed by atoms with Crippen molar-refractivity contribution >= 4 is 46.1 Å². The Bertz CT molecular complexity index is 1340. The van der Waals surface area contributed by atoms with Gasteiger partial charge in [0, 0.05) is 11.8 Å². The number of carbonyl (C=O) groups is 2. The van der Waals surface area contributed by atoms with E-state index in [1.165, 1.54) is 11.8 Å². The van der Waals surface area contributed by atoms with Crippen molar-refractivity contribution in [2.45, 2.75) is 19.1 Å². The Kier molecular flexibility index (Phi) is 6.40. The number of thioether (sulfide) groups is 1. The summed E-state index contributed by atoms with van der Waals surface area (Å²) in [5.74, 6) is -0.637. The second-order valence-electron chi connectivity index (χ2n) is 7.25. The van der Waals surface area contributed by atoms with Crippen LogP contribution in [0.15, 0.2) is 47.0 Å². The van der Waals surface area contributed by atoms with E-state index in [2.05, 4.69) is 25.8 Å². The van der Waals surface area contributed by atoms with Crippen LogP contribution in [0.1, 0.15) is 12.7 Å². The first kappa shape index (κ1) is 22.5. The number of halogens is 2. The average Bonchev–Trinajstić information content (AvgIpc) is 3.39. The molecule has 0 spiro atoms. The number of aromatic amines is 1. The van der Waals surface area contributed by atoms with E-state index in [9.17, 15) is 18.4 Å². The number of hydrogen-bond donors (Lipinski definition) is 3. The van der Waals surface area contributed by atoms with Crippen LogP contribution < -0.4 is 10.6 Å². The molecule has 1 atom stereocenters. The minimum atomic E-state index is -0.599. The number of rotatable bonds is 7. The molecule has 0 fully saturated rings. The fraction of sp³-hybridized carbons (Fsp3) is 0.182. The highest BCUT2D eigenvalue weighted by Crippen LogP contribution is 2.26. The highest BCUT2D eigenvalue weighted by molar-refractivity contribution is 8.01. The Balaban J connectivity index is 1.36. The number of benzene rings is 2. The molecule has 2 aromatic carbocycles. The maximum absolute atomic E-state index is 14.0. The number of nitrogens with zero attached hydrogens (tertiary/aromatic N) is 2. The second kappa shape index (κ2) is 9.41. The zero-order chi connectivity index (χ0) is 23.5. The molecule has 4 aromatic rings. The average molecular weight is 471 g/mol. The van der Waals surface area contributed by atoms with Crippen molar-refractivity contribution in [3.05, 3.63) is 59.9 Å². The number of carbonyl (C=O) groups excluding carboxylic acids is 2. The first-order chi connectivity index (χ1) is 15.8. The quantitative estimate of drug-likeness (QED) is 0.366. The number of aryl methyl sites for hydroxylation is 1. The lowest BCUT2D eigenvalue weighted by Crippen LogP contribution is -2.25. The van der Waals surface area contributed by atoms with E-state index in [0.717, 1.165) is 18.2 Å². The molecule has 0 radical (unpaired) electrons. The number of nitrogens with one attached hydrogen (secondary N) is 3. The fourth-order valence-electron chi connectivity index (χ4n) is 3.02. The molecule has 4 rings (SSSR count). The molecule has 2 aromatic heterocycles. The summed E-state index contributed by atoms with van der Waals surface area (Å²) < 4.78 is 32.4. The predicted octanol–water partition coefficient (Wildman–Crippen LogP) is 4.50. The number of imidazole rings is 1. The molecule has 0 bridgehead atoms. The predicted molar refractivity (Wildman–Crippen MR) is 122 cm³/mol. The fourth-order valence-corrected chi connectivity index (χ4v) is 3.70. The molecule has 0 saturated heterocycles. The molecule has 0 aliphatic heterocycles. The van der Waals surface area contributed by atoms with Crippen molar-refractivity contribution < 1.29 is 22.9 Å². The van der Waals surface area contributed by atoms with Gasteiger partial charge in [0.25, 0.3) is 0 Å². The van der Waals surface area contributed by atoms with Gasteiger partial charge in [0.15, 0.2) is 5.82 Å². The van der Waals surface area contributed by atoms with E-state index >= 15 is 0 Å². The van der Waals surface area contributed by atoms with Gasteiger partial charge in [-0.1, -0.05) is 5.16 Å². The van der Waals surface area contributed by atoms with Gasteiger partial charge in [-0.05, 0) is 50.2 Å². The maximum atomic E-state index is 14.0. The van der Waals surface area contributed by atoms with E-state index in [1.54, 1.807) is 38.1 Å². The third-order valence-corrected chi connectivity index (χ3v) is 5.80. The molecular weight excluding hydrogens is 452 g/mol. The van der Waals surface area contributed by atoms with Crippen LogP contribution in [0.2, 0.25) is 0 Å². The monoisotopic (exact) mass is 471 g/mol. The van der Waals surface area contributed by atoms with Crippen molar-refractivity contribution in [2.75, 3.05) is 16.4 Å². The summed E-state index contributed by atoms with van der Waals surface area (Å²) in [6.45, 7) is 3.40. The van der Waals surface area contributed by atoms with Gasteiger partial charge < -0.3 is 20.1 Å². The molecule has 0 saturated carbocycles. The van der Waals surface area contributed by atoms with Crippen LogP contribution in [0.4, 0.5) is 20.3 Å². The smallest absolute Gasteiger partial charge is 0.238 e. The third-order valence-electron chi connectivity index (χ3n) is 4.66. The minimum Gasteiger partial charge on any atom is -0.360 e. The van der Waals surface area contributed by atoms with Crippen LogP contribution in [-0.4, -0.2) is 37.9 Å². The first-order valence-corrected chi connectivity index (χ1v) is 10.9. The van der Waals surface area contributed by atoms with Crippen molar-refractivity contribution in [1.82, 2.24) is 15.1 Å². The van der Waals surface area contributed by atoms with Crippen LogP contribution in [-0.2, 0) is 9.59 Å². The summed E-state index contributed by atoms with van der Waals surface area (Å²) in [6.07, 6.45) is 0. The molecule has 1 unspecified atom stereocenters. The minimum absolute atomic E-state index is 0.0150. The van der Waals surface area contributed by atoms with Gasteiger partial charge in [0.05, 0.1) is 27.6 Å². The Morgan fingerprint density at radius 1 is 1.15 bits per heavy atom. The molecule has 2 heterocycles. The lowest BCUT2D eigenvalue weighted by atomic mass is 10.2. The molecular formula is C22H19F2N5O3S. The van der Waals surface area contributed by atoms with Crippen LogP contribution in [0.3, 0.4) is 0 Å². The molecule has 8 nitrogen and oxygen atoms in total. The molecule has 11 heteroatoms. The zero-order valence-electron chi connectivity index (χ0n) is 17.6. The van der Waals surface area contributed by atoms with Crippen LogP contribution in [0, 0.1) is 18.6 Å². The van der Waals surface area contributed by atoms with E-state index in [4.69, 9.17) is 4.52 Å². The van der Waals surface area contributed by atoms with Gasteiger partial charge in [-0.15, -0.1) is 11.8 Å². The number of hydrogen-bond acceptors (Lipinski definition) is 6. The van der Waals surface area contributed by atoms with Crippen LogP contribution in [0.5, 0.6) is 0 Å². The van der Waals surface area contributed by atoms with Crippen LogP contribution in [0.25, 0.3) is 22.4 Å². The normalized spacial score (nSPS) is 12.0. The maximum Gasteiger partial charge on any atom is 0.238 e. The summed E-state index contributed by atoms with van der Waals surface area (Å²) in [5, 5.41) is 8.58. The second-order valence-corrected chi connectivity index (χ2v) is 8.58. The number of amides is 2. The van der Waals surface area contributed by atoms with Gasteiger partial charge in [0.1, 0.15) is 23.2 Å². The number of anilines is 2. The summed E-state index contributed by atoms with van der Waals surface area (Å²) in [5.41, 5.74) is 1.60. The van der Waals surface area contributed by atoms with Gasteiger partial charge in [0.2, 0.25) is 11.8 Å². The lowest BCUT2D eigenvalue weighted by Gasteiger charge is -2.10. The number of aromatic nitrogens is 3.